The summed E-state index contributed by atoms with van der Waals surface area (Å²) in [6.45, 7) is 14.1. The summed E-state index contributed by atoms with van der Waals surface area (Å²) < 4.78 is 31.0. The first-order chi connectivity index (χ1) is 15.0. The highest BCUT2D eigenvalue weighted by Gasteiger charge is 2.42. The largest absolute Gasteiger partial charge is 0.541 e. The maximum atomic E-state index is 12.9. The van der Waals surface area contributed by atoms with Gasteiger partial charge in [-0.2, -0.15) is 40.5 Å². The summed E-state index contributed by atoms with van der Waals surface area (Å²) in [6.07, 6.45) is 2.75. The van der Waals surface area contributed by atoms with Crippen LogP contribution in [0.1, 0.15) is 64.1 Å². The van der Waals surface area contributed by atoms with E-state index in [-0.39, 0.29) is 76.2 Å². The number of benzene rings is 1. The van der Waals surface area contributed by atoms with Gasteiger partial charge in [0, 0.05) is 38.4 Å². The number of ether oxygens (including phenoxy) is 2. The lowest BCUT2D eigenvalue weighted by molar-refractivity contribution is -0.154. The topological polar surface area (TPSA) is 48.0 Å². The summed E-state index contributed by atoms with van der Waals surface area (Å²) in [5.41, 5.74) is 2.52. The van der Waals surface area contributed by atoms with Crippen molar-refractivity contribution in [1.82, 2.24) is 4.90 Å². The molecule has 3 rings (SSSR count). The van der Waals surface area contributed by atoms with Crippen molar-refractivity contribution in [3.8, 4) is 11.5 Å². The molecule has 1 saturated heterocycles. The van der Waals surface area contributed by atoms with Gasteiger partial charge < -0.3 is 13.9 Å². The third-order valence-electron chi connectivity index (χ3n) is 7.54. The van der Waals surface area contributed by atoms with Gasteiger partial charge in [0.05, 0.1) is 13.8 Å². The van der Waals surface area contributed by atoms with E-state index in [1.807, 2.05) is 0 Å². The maximum Gasteiger partial charge on any atom is 0.302 e. The van der Waals surface area contributed by atoms with Crippen LogP contribution in [0.3, 0.4) is 0 Å². The van der Waals surface area contributed by atoms with E-state index in [0.29, 0.717) is 6.42 Å². The average Bonchev–Trinajstić information content (AvgIpc) is 2.70. The molecule has 1 aromatic carbocycles. The third-order valence-corrected chi connectivity index (χ3v) is 11.9. The highest BCUT2D eigenvalue weighted by Crippen LogP contribution is 2.46. The van der Waals surface area contributed by atoms with Gasteiger partial charge in [-0.15, -0.1) is 0 Å². The monoisotopic (exact) mass is 567 g/mol. The number of carbonyl (C=O) groups is 1. The van der Waals surface area contributed by atoms with E-state index in [1.165, 1.54) is 18.1 Å². The molecule has 2 aliphatic rings. The van der Waals surface area contributed by atoms with Crippen molar-refractivity contribution in [1.29, 1.82) is 0 Å². The van der Waals surface area contributed by atoms with Crippen molar-refractivity contribution < 1.29 is 23.1 Å². The Labute approximate surface area is 233 Å². The molecule has 2 heterocycles. The number of halogens is 1. The molecule has 0 bridgehead atoms. The van der Waals surface area contributed by atoms with E-state index in [2.05, 4.69) is 50.9 Å². The lowest BCUT2D eigenvalue weighted by atomic mass is 9.80. The molecule has 204 valence electrons. The van der Waals surface area contributed by atoms with E-state index >= 15 is 0 Å². The van der Waals surface area contributed by atoms with E-state index < -0.39 is 8.32 Å². The van der Waals surface area contributed by atoms with Crippen molar-refractivity contribution in [2.75, 3.05) is 26.9 Å². The van der Waals surface area contributed by atoms with Crippen molar-refractivity contribution in [2.24, 2.45) is 5.92 Å². The molecule has 1 fully saturated rings. The van der Waals surface area contributed by atoms with Gasteiger partial charge in [0.15, 0.2) is 5.75 Å². The summed E-state index contributed by atoms with van der Waals surface area (Å²) in [4.78, 5) is 14.3. The van der Waals surface area contributed by atoms with E-state index in [4.69, 9.17) is 13.9 Å². The van der Waals surface area contributed by atoms with Crippen LogP contribution < -0.4 is 9.16 Å². The molecule has 0 radical (unpaired) electrons. The molecule has 0 saturated carbocycles. The Balaban J connectivity index is 0.00000385. The number of methoxy groups -OCH3 is 1. The number of fused-ring (bicyclic) bond motifs is 3. The second-order valence-electron chi connectivity index (χ2n) is 10.8. The van der Waals surface area contributed by atoms with Crippen LogP contribution in [0.15, 0.2) is 12.1 Å². The number of esters is 1. The fourth-order valence-electron chi connectivity index (χ4n) is 4.73. The zero-order valence-electron chi connectivity index (χ0n) is 22.3. The number of hydrogen-bond acceptors (Lipinski definition) is 5. The molecule has 0 aromatic heterocycles. The van der Waals surface area contributed by atoms with Crippen molar-refractivity contribution in [3.63, 3.8) is 0 Å². The van der Waals surface area contributed by atoms with Crippen LogP contribution in [0.4, 0.5) is 4.39 Å². The van der Waals surface area contributed by atoms with Gasteiger partial charge >= 0.3 is 5.97 Å². The Morgan fingerprint density at radius 1 is 1.17 bits per heavy atom. The lowest BCUT2D eigenvalue weighted by Crippen LogP contribution is -2.49. The molecular formula is C25H46FNO4S3Si. The minimum absolute atomic E-state index is 0. The van der Waals surface area contributed by atoms with Gasteiger partial charge in [-0.3, -0.25) is 14.1 Å². The van der Waals surface area contributed by atoms with Gasteiger partial charge in [-0.1, -0.05) is 20.8 Å². The number of alkyl halides is 1. The van der Waals surface area contributed by atoms with Crippen molar-refractivity contribution in [3.05, 3.63) is 23.3 Å². The molecule has 0 N–H and O–H groups in total. The average molecular weight is 568 g/mol. The summed E-state index contributed by atoms with van der Waals surface area (Å²) in [5, 5.41) is 0.0782. The van der Waals surface area contributed by atoms with Crippen molar-refractivity contribution >= 4 is 54.8 Å². The Kier molecular flexibility index (Phi) is 13.6. The summed E-state index contributed by atoms with van der Waals surface area (Å²) in [6, 6.07) is 4.46. The van der Waals surface area contributed by atoms with Gasteiger partial charge in [-0.25, -0.2) is 0 Å². The molecule has 1 unspecified atom stereocenters. The zero-order chi connectivity index (χ0) is 23.7. The quantitative estimate of drug-likeness (QED) is 0.298. The molecular weight excluding hydrogens is 522 g/mol. The lowest BCUT2D eigenvalue weighted by Gasteiger charge is -2.47. The van der Waals surface area contributed by atoms with Crippen LogP contribution in [0.2, 0.25) is 18.1 Å². The molecule has 1 aromatic rings. The number of nitrogens with zero attached hydrogens (tertiary/aromatic N) is 1. The molecule has 2 aliphatic heterocycles. The fourth-order valence-corrected chi connectivity index (χ4v) is 5.74. The number of carbonyl (C=O) groups excluding carboxylic acids is 1. The minimum Gasteiger partial charge on any atom is -0.541 e. The Morgan fingerprint density at radius 3 is 2.37 bits per heavy atom. The second-order valence-corrected chi connectivity index (χ2v) is 15.5. The van der Waals surface area contributed by atoms with Gasteiger partial charge in [-0.05, 0) is 60.7 Å². The fraction of sp³-hybridized carbons (Fsp3) is 0.720. The molecule has 10 heteroatoms. The number of hydrogen-bond donors (Lipinski definition) is 0. The van der Waals surface area contributed by atoms with E-state index in [9.17, 15) is 9.18 Å². The molecule has 35 heavy (non-hydrogen) atoms. The normalized spacial score (nSPS) is 21.8. The van der Waals surface area contributed by atoms with Crippen LogP contribution >= 0.6 is 40.5 Å². The summed E-state index contributed by atoms with van der Waals surface area (Å²) >= 11 is 0. The predicted octanol–water partition coefficient (Wildman–Crippen LogP) is 6.02. The Hall–Kier alpha value is -0.553. The maximum absolute atomic E-state index is 12.9. The van der Waals surface area contributed by atoms with E-state index in [1.54, 1.807) is 7.11 Å². The van der Waals surface area contributed by atoms with Gasteiger partial charge in [0.2, 0.25) is 0 Å². The zero-order valence-corrected chi connectivity index (χ0v) is 26.3. The summed E-state index contributed by atoms with van der Waals surface area (Å²) in [5.74, 6) is 1.51. The molecule has 0 amide bonds. The number of rotatable bonds is 7. The third kappa shape index (κ3) is 7.96. The standard InChI is InChI=1S/C25H40FNO4Si.3H2S/c1-17(28)30-22-15-21-20-14-24(31-32(6,7)25(2,3)4)23(29-5)13-18(20)10-12-27(21)16-19(22)9-8-11-26;;;/h13-14,19,21-22H,8-12,15-16H2,1-7H3;3*1H2/t19-,21-,22?;;;/m0.../s1/i26+0;;;. The molecule has 0 spiro atoms. The van der Waals surface area contributed by atoms with Crippen LogP contribution in [-0.4, -0.2) is 52.2 Å². The van der Waals surface area contributed by atoms with Crippen LogP contribution in [0, 0.1) is 5.92 Å². The highest BCUT2D eigenvalue weighted by molar-refractivity contribution is 7.59. The van der Waals surface area contributed by atoms with Crippen molar-refractivity contribution in [2.45, 2.75) is 83.7 Å². The first kappa shape index (κ1) is 34.4. The molecule has 3 atom stereocenters. The first-order valence-electron chi connectivity index (χ1n) is 11.8. The van der Waals surface area contributed by atoms with Crippen LogP contribution in [0.5, 0.6) is 11.5 Å². The highest BCUT2D eigenvalue weighted by atomic mass is 32.1. The van der Waals surface area contributed by atoms with Crippen LogP contribution in [-0.2, 0) is 16.0 Å². The molecule has 0 aliphatic carbocycles. The molecule has 5 nitrogen and oxygen atoms in total. The minimum atomic E-state index is -2.04. The Morgan fingerprint density at radius 2 is 1.83 bits per heavy atom. The van der Waals surface area contributed by atoms with Gasteiger partial charge in [0.1, 0.15) is 11.9 Å². The predicted molar refractivity (Wildman–Crippen MR) is 159 cm³/mol. The smallest absolute Gasteiger partial charge is 0.302 e. The van der Waals surface area contributed by atoms with Crippen LogP contribution in [0.25, 0.3) is 0 Å². The SMILES string of the molecule is COc1cc2c(cc1O[Si](C)(C)C(C)(C)C)[C@@H]1CC(OC(C)=O)[C@@H](CCC[19F])CN1CC2.S.S.S. The van der Waals surface area contributed by atoms with Gasteiger partial charge in [0.25, 0.3) is 8.32 Å². The number of piperidine rings is 1. The summed E-state index contributed by atoms with van der Waals surface area (Å²) in [7, 11) is -0.345. The van der Waals surface area contributed by atoms with E-state index in [0.717, 1.165) is 43.9 Å². The second kappa shape index (κ2) is 13.8. The Bertz CT molecular complexity index is 838. The first-order valence-corrected chi connectivity index (χ1v) is 14.7.